The molecule has 3 N–H and O–H groups in total. The van der Waals surface area contributed by atoms with E-state index in [4.69, 9.17) is 18.0 Å². The molecule has 0 unspecified atom stereocenters. The van der Waals surface area contributed by atoms with Gasteiger partial charge in [0.2, 0.25) is 0 Å². The molecule has 108 valence electrons. The van der Waals surface area contributed by atoms with Crippen LogP contribution in [0, 0.1) is 6.92 Å². The first-order chi connectivity index (χ1) is 9.99. The Morgan fingerprint density at radius 1 is 1.24 bits per heavy atom. The summed E-state index contributed by atoms with van der Waals surface area (Å²) in [6.45, 7) is 1.96. The standard InChI is InChI=1S/C15H14BrN3OS/c1-10-5-4-6-11(9-10)19(15(17)21)18-14(20)12-7-2-3-8-13(12)16/h2-9H,1H3,(H2,17,21)(H,18,20). The summed E-state index contributed by atoms with van der Waals surface area (Å²) >= 11 is 8.37. The number of anilines is 1. The Morgan fingerprint density at radius 2 is 1.95 bits per heavy atom. The molecule has 0 aromatic heterocycles. The normalized spacial score (nSPS) is 10.0. The first-order valence-electron chi connectivity index (χ1n) is 6.21. The van der Waals surface area contributed by atoms with Crippen LogP contribution in [0.3, 0.4) is 0 Å². The lowest BCUT2D eigenvalue weighted by Crippen LogP contribution is -2.49. The van der Waals surface area contributed by atoms with Crippen LogP contribution in [0.1, 0.15) is 15.9 Å². The average molecular weight is 364 g/mol. The first-order valence-corrected chi connectivity index (χ1v) is 7.41. The largest absolute Gasteiger partial charge is 0.374 e. The zero-order valence-corrected chi connectivity index (χ0v) is 13.7. The Balaban J connectivity index is 2.27. The molecular weight excluding hydrogens is 350 g/mol. The van der Waals surface area contributed by atoms with Crippen molar-refractivity contribution in [1.82, 2.24) is 5.43 Å². The van der Waals surface area contributed by atoms with Crippen LogP contribution in [0.5, 0.6) is 0 Å². The molecule has 2 aromatic rings. The fourth-order valence-corrected chi connectivity index (χ4v) is 2.44. The number of carbonyl (C=O) groups excluding carboxylic acids is 1. The van der Waals surface area contributed by atoms with Crippen LogP contribution in [0.2, 0.25) is 0 Å². The summed E-state index contributed by atoms with van der Waals surface area (Å²) in [5, 5.41) is 1.46. The molecule has 0 radical (unpaired) electrons. The van der Waals surface area contributed by atoms with E-state index >= 15 is 0 Å². The van der Waals surface area contributed by atoms with Crippen LogP contribution >= 0.6 is 28.1 Å². The van der Waals surface area contributed by atoms with Crippen LogP contribution < -0.4 is 16.2 Å². The maximum Gasteiger partial charge on any atom is 0.271 e. The van der Waals surface area contributed by atoms with Gasteiger partial charge in [0.05, 0.1) is 11.3 Å². The number of carbonyl (C=O) groups is 1. The molecule has 4 nitrogen and oxygen atoms in total. The van der Waals surface area contributed by atoms with Gasteiger partial charge >= 0.3 is 0 Å². The van der Waals surface area contributed by atoms with E-state index in [2.05, 4.69) is 21.4 Å². The van der Waals surface area contributed by atoms with Crippen LogP contribution in [-0.4, -0.2) is 11.0 Å². The number of hydrogen-bond donors (Lipinski definition) is 2. The van der Waals surface area contributed by atoms with Crippen molar-refractivity contribution in [3.05, 3.63) is 64.1 Å². The first kappa shape index (κ1) is 15.5. The lowest BCUT2D eigenvalue weighted by molar-refractivity contribution is 0.0954. The molecule has 0 bridgehead atoms. The van der Waals surface area contributed by atoms with Gasteiger partial charge in [-0.05, 0) is 64.9 Å². The van der Waals surface area contributed by atoms with Gasteiger partial charge in [0, 0.05) is 4.47 Å². The Kier molecular flexibility index (Phi) is 4.93. The number of thiocarbonyl (C=S) groups is 1. The Morgan fingerprint density at radius 3 is 2.57 bits per heavy atom. The van der Waals surface area contributed by atoms with Gasteiger partial charge in [-0.15, -0.1) is 0 Å². The van der Waals surface area contributed by atoms with Crippen molar-refractivity contribution in [2.24, 2.45) is 5.73 Å². The lowest BCUT2D eigenvalue weighted by Gasteiger charge is -2.24. The predicted octanol–water partition coefficient (Wildman–Crippen LogP) is 3.15. The van der Waals surface area contributed by atoms with Gasteiger partial charge in [0.25, 0.3) is 5.91 Å². The number of aryl methyl sites for hydroxylation is 1. The van der Waals surface area contributed by atoms with Crippen molar-refractivity contribution >= 4 is 44.9 Å². The minimum atomic E-state index is -0.295. The summed E-state index contributed by atoms with van der Waals surface area (Å²) < 4.78 is 0.703. The monoisotopic (exact) mass is 363 g/mol. The summed E-state index contributed by atoms with van der Waals surface area (Å²) in [5.41, 5.74) is 10.7. The highest BCUT2D eigenvalue weighted by molar-refractivity contribution is 9.10. The minimum absolute atomic E-state index is 0.0704. The molecule has 0 saturated heterocycles. The molecule has 0 aliphatic rings. The number of amides is 1. The summed E-state index contributed by atoms with van der Waals surface area (Å²) in [5.74, 6) is -0.295. The number of nitrogens with zero attached hydrogens (tertiary/aromatic N) is 1. The SMILES string of the molecule is Cc1cccc(N(NC(=O)c2ccccc2Br)C(N)=S)c1. The smallest absolute Gasteiger partial charge is 0.271 e. The van der Waals surface area contributed by atoms with Gasteiger partial charge in [0.15, 0.2) is 5.11 Å². The molecular formula is C15H14BrN3OS. The molecule has 0 atom stereocenters. The third-order valence-corrected chi connectivity index (χ3v) is 3.69. The molecule has 0 aliphatic carbocycles. The molecule has 1 amide bonds. The number of nitrogens with one attached hydrogen (secondary N) is 1. The minimum Gasteiger partial charge on any atom is -0.374 e. The van der Waals surface area contributed by atoms with Crippen molar-refractivity contribution < 1.29 is 4.79 Å². The second-order valence-electron chi connectivity index (χ2n) is 4.43. The van der Waals surface area contributed by atoms with Crippen LogP contribution in [-0.2, 0) is 0 Å². The highest BCUT2D eigenvalue weighted by atomic mass is 79.9. The van der Waals surface area contributed by atoms with E-state index in [0.717, 1.165) is 5.56 Å². The van der Waals surface area contributed by atoms with Crippen molar-refractivity contribution in [2.75, 3.05) is 5.01 Å². The average Bonchev–Trinajstić information content (AvgIpc) is 2.44. The van der Waals surface area contributed by atoms with Gasteiger partial charge in [-0.25, -0.2) is 5.01 Å². The zero-order valence-electron chi connectivity index (χ0n) is 11.3. The zero-order chi connectivity index (χ0) is 15.4. The molecule has 0 saturated carbocycles. The molecule has 0 fully saturated rings. The van der Waals surface area contributed by atoms with Crippen molar-refractivity contribution in [3.63, 3.8) is 0 Å². The van der Waals surface area contributed by atoms with Gasteiger partial charge in [0.1, 0.15) is 0 Å². The maximum absolute atomic E-state index is 12.3. The Hall–Kier alpha value is -1.92. The number of hydrazine groups is 1. The summed E-state index contributed by atoms with van der Waals surface area (Å²) in [4.78, 5) is 12.3. The van der Waals surface area contributed by atoms with E-state index in [0.29, 0.717) is 15.7 Å². The van der Waals surface area contributed by atoms with Gasteiger partial charge in [-0.3, -0.25) is 10.2 Å². The topological polar surface area (TPSA) is 58.4 Å². The van der Waals surface area contributed by atoms with E-state index in [1.54, 1.807) is 18.2 Å². The maximum atomic E-state index is 12.3. The van der Waals surface area contributed by atoms with Gasteiger partial charge < -0.3 is 5.73 Å². The molecule has 2 rings (SSSR count). The number of hydrogen-bond acceptors (Lipinski definition) is 2. The van der Waals surface area contributed by atoms with E-state index in [-0.39, 0.29) is 11.0 Å². The van der Waals surface area contributed by atoms with E-state index in [1.165, 1.54) is 5.01 Å². The second kappa shape index (κ2) is 6.69. The highest BCUT2D eigenvalue weighted by Gasteiger charge is 2.16. The summed E-state index contributed by atoms with van der Waals surface area (Å²) in [6.07, 6.45) is 0. The number of halogens is 1. The third kappa shape index (κ3) is 3.80. The third-order valence-electron chi connectivity index (χ3n) is 2.81. The van der Waals surface area contributed by atoms with E-state index in [1.807, 2.05) is 37.3 Å². The Bertz CT molecular complexity index is 690. The molecule has 6 heteroatoms. The highest BCUT2D eigenvalue weighted by Crippen LogP contribution is 2.18. The molecule has 0 heterocycles. The lowest BCUT2D eigenvalue weighted by atomic mass is 10.2. The summed E-state index contributed by atoms with van der Waals surface area (Å²) in [7, 11) is 0. The Labute approximate surface area is 137 Å². The van der Waals surface area contributed by atoms with E-state index < -0.39 is 0 Å². The fourth-order valence-electron chi connectivity index (χ4n) is 1.82. The summed E-state index contributed by atoms with van der Waals surface area (Å²) in [6, 6.07) is 14.7. The predicted molar refractivity (Wildman–Crippen MR) is 92.1 cm³/mol. The number of benzene rings is 2. The number of nitrogens with two attached hydrogens (primary N) is 1. The van der Waals surface area contributed by atoms with Crippen molar-refractivity contribution in [3.8, 4) is 0 Å². The van der Waals surface area contributed by atoms with Crippen LogP contribution in [0.25, 0.3) is 0 Å². The van der Waals surface area contributed by atoms with Crippen molar-refractivity contribution in [1.29, 1.82) is 0 Å². The van der Waals surface area contributed by atoms with Crippen LogP contribution in [0.15, 0.2) is 53.0 Å². The molecule has 21 heavy (non-hydrogen) atoms. The fraction of sp³-hybridized carbons (Fsp3) is 0.0667. The van der Waals surface area contributed by atoms with Gasteiger partial charge in [-0.1, -0.05) is 24.3 Å². The van der Waals surface area contributed by atoms with Gasteiger partial charge in [-0.2, -0.15) is 0 Å². The molecule has 2 aromatic carbocycles. The second-order valence-corrected chi connectivity index (χ2v) is 5.71. The number of rotatable bonds is 2. The van der Waals surface area contributed by atoms with E-state index in [9.17, 15) is 4.79 Å². The molecule has 0 spiro atoms. The van der Waals surface area contributed by atoms with Crippen molar-refractivity contribution in [2.45, 2.75) is 6.92 Å². The quantitative estimate of drug-likeness (QED) is 0.635. The molecule has 0 aliphatic heterocycles. The van der Waals surface area contributed by atoms with Crippen LogP contribution in [0.4, 0.5) is 5.69 Å².